The van der Waals surface area contributed by atoms with Crippen molar-refractivity contribution in [1.82, 2.24) is 10.6 Å². The molecule has 236 valence electrons. The zero-order valence-electron chi connectivity index (χ0n) is 27.6. The molecule has 1 aliphatic carbocycles. The van der Waals surface area contributed by atoms with Crippen molar-refractivity contribution >= 4 is 12.2 Å². The first-order valence-electron chi connectivity index (χ1n) is 14.4. The molecule has 0 aromatic rings. The van der Waals surface area contributed by atoms with Crippen molar-refractivity contribution in [3.05, 3.63) is 0 Å². The SMILES string of the molecule is COC(C)COC(C)COC(=O)NC1C(C)(C)C(NC(=O)OCC(C)OCC(C)OC)C(C)(C)C(C)(C)C1(C)C. The van der Waals surface area contributed by atoms with Gasteiger partial charge in [-0.15, -0.1) is 0 Å². The predicted octanol–water partition coefficient (Wildman–Crippen LogP) is 5.17. The second-order valence-electron chi connectivity index (χ2n) is 13.6. The number of carbonyl (C=O) groups excluding carboxylic acids is 2. The highest BCUT2D eigenvalue weighted by Gasteiger charge is 2.66. The maximum atomic E-state index is 13.0. The smallest absolute Gasteiger partial charge is 0.407 e. The number of carbonyl (C=O) groups is 2. The fourth-order valence-electron chi connectivity index (χ4n) is 5.85. The van der Waals surface area contributed by atoms with Crippen LogP contribution in [0.25, 0.3) is 0 Å². The molecule has 0 aliphatic heterocycles. The van der Waals surface area contributed by atoms with Gasteiger partial charge in [-0.05, 0) is 43.9 Å². The minimum absolute atomic E-state index is 0.0445. The largest absolute Gasteiger partial charge is 0.447 e. The Morgan fingerprint density at radius 3 is 1.23 bits per heavy atom. The highest BCUT2D eigenvalue weighted by molar-refractivity contribution is 5.69. The summed E-state index contributed by atoms with van der Waals surface area (Å²) in [5.41, 5.74) is -1.60. The molecular formula is C30H58N2O8. The molecule has 0 aromatic heterocycles. The fourth-order valence-corrected chi connectivity index (χ4v) is 5.85. The Labute approximate surface area is 242 Å². The quantitative estimate of drug-likeness (QED) is 0.292. The van der Waals surface area contributed by atoms with Crippen LogP contribution in [0.3, 0.4) is 0 Å². The van der Waals surface area contributed by atoms with E-state index in [2.05, 4.69) is 66.0 Å². The topological polar surface area (TPSA) is 114 Å². The average molecular weight is 575 g/mol. The number of hydrogen-bond acceptors (Lipinski definition) is 8. The maximum Gasteiger partial charge on any atom is 0.407 e. The first kappa shape index (κ1) is 36.4. The molecule has 10 nitrogen and oxygen atoms in total. The van der Waals surface area contributed by atoms with Gasteiger partial charge in [0.2, 0.25) is 0 Å². The highest BCUT2D eigenvalue weighted by Crippen LogP contribution is 2.64. The van der Waals surface area contributed by atoms with Crippen molar-refractivity contribution in [3.63, 3.8) is 0 Å². The summed E-state index contributed by atoms with van der Waals surface area (Å²) >= 11 is 0. The van der Waals surface area contributed by atoms with E-state index in [4.69, 9.17) is 28.4 Å². The molecule has 40 heavy (non-hydrogen) atoms. The number of nitrogens with one attached hydrogen (secondary N) is 2. The fraction of sp³-hybridized carbons (Fsp3) is 0.933. The van der Waals surface area contributed by atoms with E-state index in [1.54, 1.807) is 14.2 Å². The monoisotopic (exact) mass is 574 g/mol. The van der Waals surface area contributed by atoms with Crippen LogP contribution in [0.15, 0.2) is 0 Å². The molecule has 0 saturated heterocycles. The molecule has 0 bridgehead atoms. The molecule has 0 radical (unpaired) electrons. The second kappa shape index (κ2) is 14.5. The van der Waals surface area contributed by atoms with E-state index in [9.17, 15) is 9.59 Å². The number of methoxy groups -OCH3 is 2. The van der Waals surface area contributed by atoms with Crippen LogP contribution in [0.5, 0.6) is 0 Å². The molecule has 1 aliphatic rings. The molecule has 0 spiro atoms. The standard InChI is InChI=1S/C30H58N2O8/c1-19(35-13)15-37-21(3)17-39-25(33)31-23-27(5,6)24(29(9,10)30(11,12)28(23,7)8)32-26(34)40-18-22(4)38-16-20(2)36-14/h19-24H,15-18H2,1-14H3,(H,31,33)(H,32,34). The number of hydrogen-bond donors (Lipinski definition) is 2. The lowest BCUT2D eigenvalue weighted by molar-refractivity contribution is -0.162. The van der Waals surface area contributed by atoms with Gasteiger partial charge in [-0.1, -0.05) is 55.4 Å². The second-order valence-corrected chi connectivity index (χ2v) is 13.6. The van der Waals surface area contributed by atoms with Crippen molar-refractivity contribution in [1.29, 1.82) is 0 Å². The molecule has 6 atom stereocenters. The van der Waals surface area contributed by atoms with Gasteiger partial charge >= 0.3 is 12.2 Å². The van der Waals surface area contributed by atoms with Gasteiger partial charge in [0.25, 0.3) is 0 Å². The number of amides is 2. The number of ether oxygens (including phenoxy) is 6. The van der Waals surface area contributed by atoms with Gasteiger partial charge in [-0.25, -0.2) is 9.59 Å². The van der Waals surface area contributed by atoms with Gasteiger partial charge in [-0.2, -0.15) is 0 Å². The van der Waals surface area contributed by atoms with Crippen LogP contribution in [0.1, 0.15) is 83.1 Å². The van der Waals surface area contributed by atoms with Crippen molar-refractivity contribution in [2.45, 2.75) is 120 Å². The van der Waals surface area contributed by atoms with Crippen molar-refractivity contribution in [2.75, 3.05) is 40.6 Å². The lowest BCUT2D eigenvalue weighted by atomic mass is 9.40. The molecular weight excluding hydrogens is 516 g/mol. The molecule has 10 heteroatoms. The zero-order chi connectivity index (χ0) is 31.1. The molecule has 2 amide bonds. The summed E-state index contributed by atoms with van der Waals surface area (Å²) in [5, 5.41) is 6.29. The third kappa shape index (κ3) is 8.69. The first-order chi connectivity index (χ1) is 18.2. The molecule has 0 heterocycles. The van der Waals surface area contributed by atoms with Gasteiger partial charge in [0.15, 0.2) is 0 Å². The molecule has 0 aromatic carbocycles. The van der Waals surface area contributed by atoms with E-state index >= 15 is 0 Å². The highest BCUT2D eigenvalue weighted by atomic mass is 16.6. The third-order valence-electron chi connectivity index (χ3n) is 9.61. The first-order valence-corrected chi connectivity index (χ1v) is 14.4. The summed E-state index contributed by atoms with van der Waals surface area (Å²) in [7, 11) is 3.25. The zero-order valence-corrected chi connectivity index (χ0v) is 27.6. The van der Waals surface area contributed by atoms with E-state index in [-0.39, 0.29) is 66.0 Å². The van der Waals surface area contributed by atoms with Gasteiger partial charge in [0, 0.05) is 31.7 Å². The lowest BCUT2D eigenvalue weighted by Crippen LogP contribution is -2.75. The minimum Gasteiger partial charge on any atom is -0.447 e. The van der Waals surface area contributed by atoms with E-state index in [0.717, 1.165) is 0 Å². The molecule has 1 fully saturated rings. The van der Waals surface area contributed by atoms with Crippen LogP contribution in [-0.2, 0) is 28.4 Å². The van der Waals surface area contributed by atoms with E-state index in [0.29, 0.717) is 13.2 Å². The molecule has 2 N–H and O–H groups in total. The summed E-state index contributed by atoms with van der Waals surface area (Å²) in [6.45, 7) is 25.7. The minimum atomic E-state index is -0.563. The molecule has 6 unspecified atom stereocenters. The van der Waals surface area contributed by atoms with Crippen LogP contribution in [0, 0.1) is 21.7 Å². The lowest BCUT2D eigenvalue weighted by Gasteiger charge is -2.68. The average Bonchev–Trinajstić information content (AvgIpc) is 2.87. The summed E-state index contributed by atoms with van der Waals surface area (Å²) in [5.74, 6) is 0. The van der Waals surface area contributed by atoms with Crippen LogP contribution < -0.4 is 10.6 Å². The number of rotatable bonds is 14. The molecule has 1 rings (SSSR count). The van der Waals surface area contributed by atoms with Crippen LogP contribution >= 0.6 is 0 Å². The summed E-state index contributed by atoms with van der Waals surface area (Å²) < 4.78 is 32.9. The van der Waals surface area contributed by atoms with Gasteiger partial charge < -0.3 is 39.1 Å². The third-order valence-corrected chi connectivity index (χ3v) is 9.61. The van der Waals surface area contributed by atoms with Gasteiger partial charge in [0.05, 0.1) is 37.6 Å². The van der Waals surface area contributed by atoms with Gasteiger partial charge in [-0.3, -0.25) is 0 Å². The Bertz CT molecular complexity index is 752. The van der Waals surface area contributed by atoms with Crippen molar-refractivity contribution in [3.8, 4) is 0 Å². The normalized spacial score (nSPS) is 25.6. The van der Waals surface area contributed by atoms with Crippen molar-refractivity contribution < 1.29 is 38.0 Å². The Hall–Kier alpha value is -1.62. The summed E-state index contributed by atoms with van der Waals surface area (Å²) in [4.78, 5) is 26.1. The van der Waals surface area contributed by atoms with E-state index in [1.165, 1.54) is 0 Å². The molecule has 1 saturated carbocycles. The van der Waals surface area contributed by atoms with E-state index < -0.39 is 17.6 Å². The maximum absolute atomic E-state index is 13.0. The predicted molar refractivity (Wildman–Crippen MR) is 155 cm³/mol. The number of alkyl carbamates (subject to hydrolysis) is 2. The van der Waals surface area contributed by atoms with Gasteiger partial charge in [0.1, 0.15) is 13.2 Å². The van der Waals surface area contributed by atoms with E-state index in [1.807, 2.05) is 27.7 Å². The van der Waals surface area contributed by atoms with Crippen molar-refractivity contribution in [2.24, 2.45) is 21.7 Å². The Kier molecular flexibility index (Phi) is 13.2. The Morgan fingerprint density at radius 2 is 0.925 bits per heavy atom. The Balaban J connectivity index is 3.00. The van der Waals surface area contributed by atoms with Crippen LogP contribution in [0.2, 0.25) is 0 Å². The summed E-state index contributed by atoms with van der Waals surface area (Å²) in [6.07, 6.45) is -1.68. The summed E-state index contributed by atoms with van der Waals surface area (Å²) in [6, 6.07) is -0.660. The van der Waals surface area contributed by atoms with Crippen LogP contribution in [-0.4, -0.2) is 89.3 Å². The van der Waals surface area contributed by atoms with Crippen LogP contribution in [0.4, 0.5) is 9.59 Å². The Morgan fingerprint density at radius 1 is 0.600 bits per heavy atom.